The third-order valence-electron chi connectivity index (χ3n) is 3.25. The van der Waals surface area contributed by atoms with Crippen LogP contribution in [0.1, 0.15) is 32.3 Å². The van der Waals surface area contributed by atoms with E-state index in [0.29, 0.717) is 11.3 Å². The molecule has 0 spiro atoms. The number of carboxylic acid groups (broad SMARTS) is 1. The maximum Gasteiger partial charge on any atom is 0.336 e. The fraction of sp³-hybridized carbons (Fsp3) is 0.375. The van der Waals surface area contributed by atoms with Crippen LogP contribution in [0.2, 0.25) is 0 Å². The van der Waals surface area contributed by atoms with Gasteiger partial charge >= 0.3 is 5.63 Å². The predicted octanol–water partition coefficient (Wildman–Crippen LogP) is 1.65. The van der Waals surface area contributed by atoms with Gasteiger partial charge < -0.3 is 19.1 Å². The van der Waals surface area contributed by atoms with Gasteiger partial charge in [-0.1, -0.05) is 13.3 Å². The Hall–Kier alpha value is -2.30. The van der Waals surface area contributed by atoms with E-state index in [1.165, 1.54) is 19.1 Å². The Kier molecular flexibility index (Phi) is 4.62. The molecule has 0 bridgehead atoms. The fourth-order valence-electron chi connectivity index (χ4n) is 2.11. The summed E-state index contributed by atoms with van der Waals surface area (Å²) >= 11 is 0. The second-order valence-corrected chi connectivity index (χ2v) is 4.93. The van der Waals surface area contributed by atoms with Gasteiger partial charge in [-0.25, -0.2) is 4.79 Å². The molecule has 0 fully saturated rings. The number of carbonyl (C=O) groups excluding carboxylic acids is 1. The van der Waals surface area contributed by atoms with Crippen molar-refractivity contribution in [1.82, 2.24) is 0 Å². The molecule has 0 amide bonds. The van der Waals surface area contributed by atoms with E-state index in [9.17, 15) is 14.7 Å². The van der Waals surface area contributed by atoms with Crippen LogP contribution in [0.3, 0.4) is 0 Å². The SMILES string of the molecule is CCCCc1cc(=O)oc2cc(O[C@@H](C)C(=O)[O-])ccc12. The molecule has 2 rings (SSSR count). The minimum absolute atomic E-state index is 0.329. The highest BCUT2D eigenvalue weighted by molar-refractivity contribution is 5.81. The highest BCUT2D eigenvalue weighted by atomic mass is 16.5. The largest absolute Gasteiger partial charge is 0.546 e. The number of ether oxygens (including phenoxy) is 1. The van der Waals surface area contributed by atoms with Crippen molar-refractivity contribution in [1.29, 1.82) is 0 Å². The van der Waals surface area contributed by atoms with Crippen molar-refractivity contribution < 1.29 is 19.1 Å². The van der Waals surface area contributed by atoms with Crippen LogP contribution in [0.4, 0.5) is 0 Å². The van der Waals surface area contributed by atoms with Gasteiger partial charge in [-0.05, 0) is 37.5 Å². The van der Waals surface area contributed by atoms with Crippen molar-refractivity contribution in [3.05, 3.63) is 40.2 Å². The first-order chi connectivity index (χ1) is 10.0. The lowest BCUT2D eigenvalue weighted by molar-refractivity contribution is -0.312. The van der Waals surface area contributed by atoms with E-state index in [0.717, 1.165) is 30.2 Å². The molecular formula is C16H17O5-. The Morgan fingerprint density at radius 2 is 2.14 bits per heavy atom. The summed E-state index contributed by atoms with van der Waals surface area (Å²) in [5.74, 6) is -0.969. The molecular weight excluding hydrogens is 272 g/mol. The lowest BCUT2D eigenvalue weighted by atomic mass is 10.0. The van der Waals surface area contributed by atoms with Gasteiger partial charge in [-0.2, -0.15) is 0 Å². The van der Waals surface area contributed by atoms with Crippen molar-refractivity contribution >= 4 is 16.9 Å². The van der Waals surface area contributed by atoms with Crippen LogP contribution in [-0.2, 0) is 11.2 Å². The summed E-state index contributed by atoms with van der Waals surface area (Å²) in [6.07, 6.45) is 1.75. The third kappa shape index (κ3) is 3.62. The minimum Gasteiger partial charge on any atom is -0.546 e. The summed E-state index contributed by atoms with van der Waals surface area (Å²) in [6.45, 7) is 3.47. The zero-order valence-electron chi connectivity index (χ0n) is 12.0. The molecule has 1 heterocycles. The zero-order chi connectivity index (χ0) is 15.4. The van der Waals surface area contributed by atoms with E-state index >= 15 is 0 Å². The normalized spacial score (nSPS) is 12.3. The molecule has 0 aliphatic heterocycles. The molecule has 0 radical (unpaired) electrons. The fourth-order valence-corrected chi connectivity index (χ4v) is 2.11. The molecule has 112 valence electrons. The first-order valence-corrected chi connectivity index (χ1v) is 6.95. The highest BCUT2D eigenvalue weighted by Crippen LogP contribution is 2.24. The molecule has 21 heavy (non-hydrogen) atoms. The standard InChI is InChI=1S/C16H18O5/c1-3-4-5-11-8-15(17)21-14-9-12(6-7-13(11)14)20-10(2)16(18)19/h6-10H,3-5H2,1-2H3,(H,18,19)/p-1/t10-/m0/s1. The van der Waals surface area contributed by atoms with Gasteiger partial charge in [0.05, 0.1) is 5.97 Å². The van der Waals surface area contributed by atoms with E-state index < -0.39 is 17.7 Å². The van der Waals surface area contributed by atoms with E-state index in [1.807, 2.05) is 0 Å². The molecule has 1 atom stereocenters. The number of hydrogen-bond donors (Lipinski definition) is 0. The molecule has 2 aromatic rings. The average Bonchev–Trinajstić information content (AvgIpc) is 2.44. The Morgan fingerprint density at radius 3 is 2.81 bits per heavy atom. The van der Waals surface area contributed by atoms with Crippen LogP contribution in [0.15, 0.2) is 33.5 Å². The van der Waals surface area contributed by atoms with Crippen LogP contribution < -0.4 is 15.5 Å². The predicted molar refractivity (Wildman–Crippen MR) is 76.2 cm³/mol. The number of rotatable bonds is 6. The van der Waals surface area contributed by atoms with Crippen molar-refractivity contribution in [3.63, 3.8) is 0 Å². The highest BCUT2D eigenvalue weighted by Gasteiger charge is 2.09. The third-order valence-corrected chi connectivity index (χ3v) is 3.25. The van der Waals surface area contributed by atoms with E-state index in [2.05, 4.69) is 6.92 Å². The first kappa shape index (κ1) is 15.1. The molecule has 0 saturated carbocycles. The van der Waals surface area contributed by atoms with Gasteiger partial charge in [0.1, 0.15) is 17.4 Å². The molecule has 1 aromatic carbocycles. The Morgan fingerprint density at radius 1 is 1.38 bits per heavy atom. The van der Waals surface area contributed by atoms with Gasteiger partial charge in [-0.3, -0.25) is 0 Å². The zero-order valence-corrected chi connectivity index (χ0v) is 12.0. The van der Waals surface area contributed by atoms with Crippen molar-refractivity contribution in [3.8, 4) is 5.75 Å². The number of carbonyl (C=O) groups is 1. The van der Waals surface area contributed by atoms with Gasteiger partial charge in [0, 0.05) is 17.5 Å². The van der Waals surface area contributed by atoms with E-state index in [4.69, 9.17) is 9.15 Å². The summed E-state index contributed by atoms with van der Waals surface area (Å²) in [5, 5.41) is 11.5. The molecule has 0 N–H and O–H groups in total. The smallest absolute Gasteiger partial charge is 0.336 e. The molecule has 0 unspecified atom stereocenters. The Bertz CT molecular complexity index is 701. The summed E-state index contributed by atoms with van der Waals surface area (Å²) in [5.41, 5.74) is 0.915. The minimum atomic E-state index is -1.30. The number of hydrogen-bond acceptors (Lipinski definition) is 5. The number of fused-ring (bicyclic) bond motifs is 1. The first-order valence-electron chi connectivity index (χ1n) is 6.95. The average molecular weight is 289 g/mol. The second-order valence-electron chi connectivity index (χ2n) is 4.93. The molecule has 1 aromatic heterocycles. The van der Waals surface area contributed by atoms with Gasteiger partial charge in [0.25, 0.3) is 0 Å². The van der Waals surface area contributed by atoms with E-state index in [-0.39, 0.29) is 0 Å². The summed E-state index contributed by atoms with van der Waals surface area (Å²) in [4.78, 5) is 22.3. The summed E-state index contributed by atoms with van der Waals surface area (Å²) < 4.78 is 10.4. The van der Waals surface area contributed by atoms with Crippen LogP contribution in [0.5, 0.6) is 5.75 Å². The van der Waals surface area contributed by atoms with E-state index in [1.54, 1.807) is 12.1 Å². The Balaban J connectivity index is 2.39. The van der Waals surface area contributed by atoms with Crippen LogP contribution in [0, 0.1) is 0 Å². The van der Waals surface area contributed by atoms with Crippen molar-refractivity contribution in [2.45, 2.75) is 39.2 Å². The van der Waals surface area contributed by atoms with Crippen molar-refractivity contribution in [2.24, 2.45) is 0 Å². The summed E-state index contributed by atoms with van der Waals surface area (Å²) in [7, 11) is 0. The Labute approximate surface area is 122 Å². The number of aliphatic carboxylic acids is 1. The van der Waals surface area contributed by atoms with Crippen LogP contribution >= 0.6 is 0 Å². The second kappa shape index (κ2) is 6.43. The lowest BCUT2D eigenvalue weighted by Crippen LogP contribution is -2.37. The monoisotopic (exact) mass is 289 g/mol. The maximum atomic E-state index is 11.6. The number of aryl methyl sites for hydroxylation is 1. The van der Waals surface area contributed by atoms with Gasteiger partial charge in [0.2, 0.25) is 0 Å². The summed E-state index contributed by atoms with van der Waals surface area (Å²) in [6, 6.07) is 6.48. The molecule has 5 heteroatoms. The quantitative estimate of drug-likeness (QED) is 0.755. The van der Waals surface area contributed by atoms with Gasteiger partial charge in [-0.15, -0.1) is 0 Å². The van der Waals surface area contributed by atoms with Crippen LogP contribution in [-0.4, -0.2) is 12.1 Å². The maximum absolute atomic E-state index is 11.6. The molecule has 0 aliphatic rings. The van der Waals surface area contributed by atoms with Gasteiger partial charge in [0.15, 0.2) is 0 Å². The lowest BCUT2D eigenvalue weighted by Gasteiger charge is -2.15. The molecule has 0 saturated heterocycles. The number of carboxylic acids is 1. The van der Waals surface area contributed by atoms with Crippen molar-refractivity contribution in [2.75, 3.05) is 0 Å². The number of benzene rings is 1. The molecule has 5 nitrogen and oxygen atoms in total. The van der Waals surface area contributed by atoms with Crippen LogP contribution in [0.25, 0.3) is 11.0 Å². The topological polar surface area (TPSA) is 79.6 Å². The number of unbranched alkanes of at least 4 members (excludes halogenated alkanes) is 1. The molecule has 0 aliphatic carbocycles.